The number of rotatable bonds is 6. The summed E-state index contributed by atoms with van der Waals surface area (Å²) < 4.78 is 16.5. The summed E-state index contributed by atoms with van der Waals surface area (Å²) in [5, 5.41) is 2.18. The molecule has 5 heteroatoms. The molecule has 1 aliphatic heterocycles. The van der Waals surface area contributed by atoms with Crippen LogP contribution in [0.2, 0.25) is 0 Å². The number of thiophene rings is 1. The van der Waals surface area contributed by atoms with Gasteiger partial charge in [0.1, 0.15) is 5.75 Å². The molecular weight excluding hydrogens is 334 g/mol. The van der Waals surface area contributed by atoms with E-state index in [4.69, 9.17) is 14.2 Å². The van der Waals surface area contributed by atoms with Crippen molar-refractivity contribution in [2.24, 2.45) is 0 Å². The van der Waals surface area contributed by atoms with Crippen LogP contribution in [0.15, 0.2) is 29.6 Å². The van der Waals surface area contributed by atoms with Crippen LogP contribution >= 0.6 is 11.3 Å². The summed E-state index contributed by atoms with van der Waals surface area (Å²) in [6.07, 6.45) is 5.07. The van der Waals surface area contributed by atoms with Gasteiger partial charge in [-0.1, -0.05) is 18.9 Å². The van der Waals surface area contributed by atoms with Crippen molar-refractivity contribution in [3.8, 4) is 17.2 Å². The normalized spacial score (nSPS) is 18.6. The zero-order chi connectivity index (χ0) is 17.6. The largest absolute Gasteiger partial charge is 0.496 e. The van der Waals surface area contributed by atoms with Gasteiger partial charge in [0.15, 0.2) is 11.5 Å². The van der Waals surface area contributed by atoms with Crippen molar-refractivity contribution in [3.63, 3.8) is 0 Å². The first-order chi connectivity index (χ1) is 12.3. The first kappa shape index (κ1) is 18.1. The lowest BCUT2D eigenvalue weighted by Gasteiger charge is -2.30. The molecule has 1 aliphatic rings. The van der Waals surface area contributed by atoms with Crippen molar-refractivity contribution >= 4 is 11.3 Å². The topological polar surface area (TPSA) is 30.9 Å². The molecule has 1 aromatic heterocycles. The molecule has 2 heterocycles. The van der Waals surface area contributed by atoms with Crippen molar-refractivity contribution in [3.05, 3.63) is 40.1 Å². The quantitative estimate of drug-likeness (QED) is 0.733. The Bertz CT molecular complexity index is 672. The van der Waals surface area contributed by atoms with Gasteiger partial charge in [-0.2, -0.15) is 0 Å². The monoisotopic (exact) mass is 361 g/mol. The lowest BCUT2D eigenvalue weighted by atomic mass is 10.1. The van der Waals surface area contributed by atoms with Crippen molar-refractivity contribution in [1.82, 2.24) is 4.90 Å². The number of nitrogens with zero attached hydrogens (tertiary/aromatic N) is 1. The first-order valence-corrected chi connectivity index (χ1v) is 9.71. The van der Waals surface area contributed by atoms with Gasteiger partial charge in [-0.25, -0.2) is 0 Å². The first-order valence-electron chi connectivity index (χ1n) is 8.83. The lowest BCUT2D eigenvalue weighted by molar-refractivity contribution is 0.192. The van der Waals surface area contributed by atoms with E-state index in [1.165, 1.54) is 30.6 Å². The molecule has 25 heavy (non-hydrogen) atoms. The van der Waals surface area contributed by atoms with Gasteiger partial charge >= 0.3 is 0 Å². The highest BCUT2D eigenvalue weighted by atomic mass is 32.1. The Morgan fingerprint density at radius 1 is 1.00 bits per heavy atom. The number of likely N-dealkylation sites (tertiary alicyclic amines) is 1. The molecule has 0 aliphatic carbocycles. The molecule has 1 aromatic carbocycles. The van der Waals surface area contributed by atoms with Gasteiger partial charge in [0.05, 0.1) is 21.3 Å². The van der Waals surface area contributed by atoms with Crippen LogP contribution in [0.4, 0.5) is 0 Å². The van der Waals surface area contributed by atoms with Crippen LogP contribution in [-0.2, 0) is 6.54 Å². The minimum Gasteiger partial charge on any atom is -0.496 e. The third-order valence-corrected chi connectivity index (χ3v) is 5.87. The van der Waals surface area contributed by atoms with Crippen LogP contribution < -0.4 is 14.2 Å². The molecule has 4 nitrogen and oxygen atoms in total. The molecule has 0 spiro atoms. The molecule has 0 unspecified atom stereocenters. The van der Waals surface area contributed by atoms with E-state index < -0.39 is 0 Å². The second-order valence-corrected chi connectivity index (χ2v) is 7.35. The van der Waals surface area contributed by atoms with Crippen molar-refractivity contribution in [2.45, 2.75) is 38.3 Å². The molecule has 1 fully saturated rings. The second-order valence-electron chi connectivity index (χ2n) is 6.37. The zero-order valence-corrected chi connectivity index (χ0v) is 16.1. The highest BCUT2D eigenvalue weighted by molar-refractivity contribution is 7.10. The number of hydrogen-bond donors (Lipinski definition) is 0. The van der Waals surface area contributed by atoms with Crippen molar-refractivity contribution < 1.29 is 14.2 Å². The fourth-order valence-corrected chi connectivity index (χ4v) is 4.49. The predicted octanol–water partition coefficient (Wildman–Crippen LogP) is 4.89. The van der Waals surface area contributed by atoms with E-state index in [0.717, 1.165) is 30.2 Å². The van der Waals surface area contributed by atoms with Crippen LogP contribution in [-0.4, -0.2) is 32.8 Å². The molecular formula is C20H27NO3S. The Morgan fingerprint density at radius 2 is 1.76 bits per heavy atom. The highest BCUT2D eigenvalue weighted by Crippen LogP contribution is 2.38. The maximum Gasteiger partial charge on any atom is 0.164 e. The summed E-state index contributed by atoms with van der Waals surface area (Å²) in [7, 11) is 5.04. The standard InChI is InChI=1S/C20H27NO3S/c1-22-17-13-19(24-3)18(23-2)12-15(17)14-21-10-6-4-5-8-16(21)20-9-7-11-25-20/h7,9,11-13,16H,4-6,8,10,14H2,1-3H3/t16-/m0/s1. The summed E-state index contributed by atoms with van der Waals surface area (Å²) in [6.45, 7) is 1.96. The number of hydrogen-bond acceptors (Lipinski definition) is 5. The summed E-state index contributed by atoms with van der Waals surface area (Å²) in [4.78, 5) is 4.05. The summed E-state index contributed by atoms with van der Waals surface area (Å²) in [5.41, 5.74) is 1.14. The molecule has 0 radical (unpaired) electrons. The number of benzene rings is 1. The third-order valence-electron chi connectivity index (χ3n) is 4.90. The minimum atomic E-state index is 0.486. The van der Waals surface area contributed by atoms with Crippen LogP contribution in [0, 0.1) is 0 Å². The molecule has 136 valence electrons. The smallest absolute Gasteiger partial charge is 0.164 e. The maximum absolute atomic E-state index is 5.63. The molecule has 0 saturated carbocycles. The van der Waals surface area contributed by atoms with Crippen LogP contribution in [0.5, 0.6) is 17.2 Å². The third kappa shape index (κ3) is 4.10. The van der Waals surface area contributed by atoms with Gasteiger partial charge in [0.2, 0.25) is 0 Å². The zero-order valence-electron chi connectivity index (χ0n) is 15.3. The molecule has 1 atom stereocenters. The molecule has 3 rings (SSSR count). The van der Waals surface area contributed by atoms with E-state index in [2.05, 4.69) is 22.4 Å². The predicted molar refractivity (Wildman–Crippen MR) is 102 cm³/mol. The fraction of sp³-hybridized carbons (Fsp3) is 0.500. The molecule has 0 bridgehead atoms. The van der Waals surface area contributed by atoms with Gasteiger partial charge in [-0.3, -0.25) is 4.90 Å². The van der Waals surface area contributed by atoms with Crippen LogP contribution in [0.1, 0.15) is 42.2 Å². The molecule has 2 aromatic rings. The van der Waals surface area contributed by atoms with Gasteiger partial charge in [-0.05, 0) is 36.9 Å². The number of methoxy groups -OCH3 is 3. The number of ether oxygens (including phenoxy) is 3. The van der Waals surface area contributed by atoms with E-state index in [1.54, 1.807) is 21.3 Å². The molecule has 0 N–H and O–H groups in total. The van der Waals surface area contributed by atoms with E-state index in [0.29, 0.717) is 11.8 Å². The van der Waals surface area contributed by atoms with Crippen molar-refractivity contribution in [1.29, 1.82) is 0 Å². The SMILES string of the molecule is COc1cc(OC)c(OC)cc1CN1CCCCC[C@H]1c1cccs1. The second kappa shape index (κ2) is 8.59. The van der Waals surface area contributed by atoms with Gasteiger partial charge in [0, 0.05) is 29.1 Å². The van der Waals surface area contributed by atoms with E-state index in [1.807, 2.05) is 23.5 Å². The highest BCUT2D eigenvalue weighted by Gasteiger charge is 2.25. The lowest BCUT2D eigenvalue weighted by Crippen LogP contribution is -2.27. The van der Waals surface area contributed by atoms with E-state index in [-0.39, 0.29) is 0 Å². The Balaban J connectivity index is 1.90. The Hall–Kier alpha value is -1.72. The maximum atomic E-state index is 5.63. The van der Waals surface area contributed by atoms with Crippen molar-refractivity contribution in [2.75, 3.05) is 27.9 Å². The van der Waals surface area contributed by atoms with E-state index in [9.17, 15) is 0 Å². The minimum absolute atomic E-state index is 0.486. The van der Waals surface area contributed by atoms with Gasteiger partial charge in [0.25, 0.3) is 0 Å². The fourth-order valence-electron chi connectivity index (χ4n) is 3.59. The average Bonchev–Trinajstić information content (AvgIpc) is 3.08. The Kier molecular flexibility index (Phi) is 6.21. The van der Waals surface area contributed by atoms with E-state index >= 15 is 0 Å². The van der Waals surface area contributed by atoms with Gasteiger partial charge < -0.3 is 14.2 Å². The Morgan fingerprint density at radius 3 is 2.44 bits per heavy atom. The molecule has 1 saturated heterocycles. The summed E-state index contributed by atoms with van der Waals surface area (Å²) in [6, 6.07) is 8.88. The average molecular weight is 362 g/mol. The Labute approximate surface area is 154 Å². The summed E-state index contributed by atoms with van der Waals surface area (Å²) in [5.74, 6) is 2.31. The molecule has 0 amide bonds. The summed E-state index contributed by atoms with van der Waals surface area (Å²) >= 11 is 1.86. The van der Waals surface area contributed by atoms with Crippen LogP contribution in [0.3, 0.4) is 0 Å². The van der Waals surface area contributed by atoms with Gasteiger partial charge in [-0.15, -0.1) is 11.3 Å². The van der Waals surface area contributed by atoms with Crippen LogP contribution in [0.25, 0.3) is 0 Å².